The Morgan fingerprint density at radius 3 is 2.62 bits per heavy atom. The van der Waals surface area contributed by atoms with Gasteiger partial charge in [-0.1, -0.05) is 12.1 Å². The van der Waals surface area contributed by atoms with Gasteiger partial charge in [-0.2, -0.15) is 13.2 Å². The Hall–Kier alpha value is -4.72. The fraction of sp³-hybridized carbons (Fsp3) is 0.323. The van der Waals surface area contributed by atoms with Crippen LogP contribution in [0, 0.1) is 11.6 Å². The molecule has 1 fully saturated rings. The number of nitrogens with one attached hydrogen (secondary N) is 1. The van der Waals surface area contributed by atoms with Crippen molar-refractivity contribution in [1.82, 2.24) is 20.3 Å². The molecule has 0 saturated carbocycles. The van der Waals surface area contributed by atoms with Gasteiger partial charge < -0.3 is 20.1 Å². The van der Waals surface area contributed by atoms with Crippen molar-refractivity contribution >= 4 is 28.5 Å². The Labute approximate surface area is 253 Å². The Balaban J connectivity index is 1.26. The minimum atomic E-state index is -4.73. The maximum Gasteiger partial charge on any atom is 0.411 e. The van der Waals surface area contributed by atoms with E-state index in [1.807, 2.05) is 0 Å². The molecule has 2 aliphatic rings. The second-order valence-electron chi connectivity index (χ2n) is 10.9. The zero-order chi connectivity index (χ0) is 31.9. The number of pyridine rings is 1. The van der Waals surface area contributed by atoms with Crippen molar-refractivity contribution in [2.24, 2.45) is 0 Å². The minimum Gasteiger partial charge on any atom is -0.480 e. The van der Waals surface area contributed by atoms with Crippen molar-refractivity contribution in [3.8, 4) is 11.4 Å². The van der Waals surface area contributed by atoms with E-state index in [1.165, 1.54) is 0 Å². The molecule has 234 valence electrons. The number of alkyl halides is 3. The standard InChI is InChI=1S/C31H26F5N5O4/c32-21-12-18(41-9-10-45-15-25(41)31(34,35)36)13-22(33)26(21)29(42)40-24(30(43)44)11-16-6-7-20(27-19(16)4-2-8-37-27)28-38-14-17-3-1-5-23(17)39-28/h2,4,6-8,12-14,24-25H,1,3,5,9-11,15H2,(H,40,42)(H,43,44)/t24-,25?/m0/s1. The van der Waals surface area contributed by atoms with E-state index in [0.717, 1.165) is 35.4 Å². The van der Waals surface area contributed by atoms with Crippen LogP contribution < -0.4 is 10.2 Å². The van der Waals surface area contributed by atoms with Gasteiger partial charge in [0.05, 0.1) is 18.7 Å². The summed E-state index contributed by atoms with van der Waals surface area (Å²) < 4.78 is 75.6. The van der Waals surface area contributed by atoms with Crippen LogP contribution in [0.15, 0.2) is 48.8 Å². The van der Waals surface area contributed by atoms with Crippen LogP contribution in [-0.2, 0) is 28.8 Å². The number of anilines is 1. The molecular formula is C31H26F5N5O4. The number of aryl methyl sites for hydroxylation is 2. The fourth-order valence-corrected chi connectivity index (χ4v) is 5.81. The number of benzene rings is 2. The first-order valence-electron chi connectivity index (χ1n) is 14.2. The topological polar surface area (TPSA) is 118 Å². The van der Waals surface area contributed by atoms with E-state index in [2.05, 4.69) is 15.3 Å². The number of ether oxygens (including phenoxy) is 1. The first kappa shape index (κ1) is 30.3. The van der Waals surface area contributed by atoms with Crippen molar-refractivity contribution < 1.29 is 41.4 Å². The third-order valence-corrected chi connectivity index (χ3v) is 8.03. The monoisotopic (exact) mass is 627 g/mol. The number of halogens is 5. The maximum absolute atomic E-state index is 15.1. The number of rotatable bonds is 7. The molecule has 1 saturated heterocycles. The molecule has 9 nitrogen and oxygen atoms in total. The van der Waals surface area contributed by atoms with Crippen LogP contribution >= 0.6 is 0 Å². The lowest BCUT2D eigenvalue weighted by Gasteiger charge is -2.38. The molecule has 14 heteroatoms. The molecule has 1 aliphatic carbocycles. The third-order valence-electron chi connectivity index (χ3n) is 8.03. The summed E-state index contributed by atoms with van der Waals surface area (Å²) in [6, 6.07) is 4.26. The second kappa shape index (κ2) is 12.0. The summed E-state index contributed by atoms with van der Waals surface area (Å²) in [7, 11) is 0. The van der Waals surface area contributed by atoms with Crippen LogP contribution in [0.2, 0.25) is 0 Å². The van der Waals surface area contributed by atoms with Crippen LogP contribution in [0.3, 0.4) is 0 Å². The summed E-state index contributed by atoms with van der Waals surface area (Å²) in [5, 5.41) is 12.7. The highest BCUT2D eigenvalue weighted by Crippen LogP contribution is 2.33. The van der Waals surface area contributed by atoms with E-state index < -0.39 is 59.6 Å². The molecule has 1 aliphatic heterocycles. The lowest BCUT2D eigenvalue weighted by molar-refractivity contribution is -0.167. The van der Waals surface area contributed by atoms with Crippen molar-refractivity contribution in [1.29, 1.82) is 0 Å². The number of nitrogens with zero attached hydrogens (tertiary/aromatic N) is 4. The number of amides is 1. The highest BCUT2D eigenvalue weighted by molar-refractivity contribution is 5.98. The molecule has 0 bridgehead atoms. The van der Waals surface area contributed by atoms with Gasteiger partial charge >= 0.3 is 12.1 Å². The molecule has 4 aromatic rings. The van der Waals surface area contributed by atoms with E-state index >= 15 is 8.78 Å². The average Bonchev–Trinajstić information content (AvgIpc) is 3.48. The summed E-state index contributed by atoms with van der Waals surface area (Å²) in [6.45, 7) is -1.10. The van der Waals surface area contributed by atoms with E-state index in [4.69, 9.17) is 9.72 Å². The van der Waals surface area contributed by atoms with Crippen molar-refractivity contribution in [3.05, 3.63) is 82.8 Å². The largest absolute Gasteiger partial charge is 0.480 e. The third kappa shape index (κ3) is 6.01. The van der Waals surface area contributed by atoms with Crippen LogP contribution in [-0.4, -0.2) is 70.0 Å². The molecule has 1 amide bonds. The van der Waals surface area contributed by atoms with Crippen molar-refractivity contribution in [2.45, 2.75) is 43.9 Å². The summed E-state index contributed by atoms with van der Waals surface area (Å²) in [4.78, 5) is 39.6. The predicted molar refractivity (Wildman–Crippen MR) is 152 cm³/mol. The zero-order valence-corrected chi connectivity index (χ0v) is 23.6. The molecule has 45 heavy (non-hydrogen) atoms. The van der Waals surface area contributed by atoms with E-state index in [1.54, 1.807) is 36.7 Å². The number of hydrogen-bond acceptors (Lipinski definition) is 7. The van der Waals surface area contributed by atoms with Crippen molar-refractivity contribution in [3.63, 3.8) is 0 Å². The number of morpholine rings is 1. The molecule has 2 atom stereocenters. The molecule has 2 aromatic carbocycles. The van der Waals surface area contributed by atoms with Gasteiger partial charge in [0.25, 0.3) is 5.91 Å². The van der Waals surface area contributed by atoms with Gasteiger partial charge in [0.2, 0.25) is 0 Å². The van der Waals surface area contributed by atoms with Gasteiger partial charge in [-0.25, -0.2) is 23.5 Å². The van der Waals surface area contributed by atoms with Gasteiger partial charge in [0, 0.05) is 47.7 Å². The van der Waals surface area contributed by atoms with Gasteiger partial charge in [-0.3, -0.25) is 9.78 Å². The van der Waals surface area contributed by atoms with Crippen LogP contribution in [0.5, 0.6) is 0 Å². The van der Waals surface area contributed by atoms with E-state index in [-0.39, 0.29) is 19.6 Å². The van der Waals surface area contributed by atoms with E-state index in [0.29, 0.717) is 40.0 Å². The molecular weight excluding hydrogens is 601 g/mol. The Kier molecular flexibility index (Phi) is 8.08. The summed E-state index contributed by atoms with van der Waals surface area (Å²) in [5.41, 5.74) is 2.16. The average molecular weight is 628 g/mol. The highest BCUT2D eigenvalue weighted by atomic mass is 19.4. The first-order valence-corrected chi connectivity index (χ1v) is 14.2. The number of carboxylic acid groups (broad SMARTS) is 1. The Morgan fingerprint density at radius 1 is 1.11 bits per heavy atom. The number of fused-ring (bicyclic) bond motifs is 2. The second-order valence-corrected chi connectivity index (χ2v) is 10.9. The maximum atomic E-state index is 15.1. The molecule has 2 aromatic heterocycles. The number of carbonyl (C=O) groups excluding carboxylic acids is 1. The SMILES string of the molecule is O=C(N[C@@H](Cc1ccc(-c2ncc3c(n2)CCC3)c2ncccc12)C(=O)O)c1c(F)cc(N2CCOCC2C(F)(F)F)cc1F. The number of aromatic nitrogens is 3. The lowest BCUT2D eigenvalue weighted by Crippen LogP contribution is -2.53. The van der Waals surface area contributed by atoms with Crippen LogP contribution in [0.4, 0.5) is 27.6 Å². The van der Waals surface area contributed by atoms with Gasteiger partial charge in [-0.05, 0) is 54.7 Å². The fourth-order valence-electron chi connectivity index (χ4n) is 5.81. The summed E-state index contributed by atoms with van der Waals surface area (Å²) >= 11 is 0. The van der Waals surface area contributed by atoms with E-state index in [9.17, 15) is 27.9 Å². The number of carbonyl (C=O) groups is 2. The van der Waals surface area contributed by atoms with Crippen molar-refractivity contribution in [2.75, 3.05) is 24.7 Å². The van der Waals surface area contributed by atoms with Crippen LogP contribution in [0.25, 0.3) is 22.3 Å². The minimum absolute atomic E-state index is 0.0934. The molecule has 3 heterocycles. The molecule has 1 unspecified atom stereocenters. The summed E-state index contributed by atoms with van der Waals surface area (Å²) in [5.74, 6) is -5.24. The quantitative estimate of drug-likeness (QED) is 0.285. The number of hydrogen-bond donors (Lipinski definition) is 2. The molecule has 6 rings (SSSR count). The van der Waals surface area contributed by atoms with Crippen LogP contribution in [0.1, 0.15) is 33.6 Å². The first-order chi connectivity index (χ1) is 21.5. The lowest BCUT2D eigenvalue weighted by atomic mass is 9.97. The van der Waals surface area contributed by atoms with Gasteiger partial charge in [0.15, 0.2) is 5.82 Å². The molecule has 0 spiro atoms. The Bertz CT molecular complexity index is 1780. The Morgan fingerprint density at radius 2 is 1.89 bits per heavy atom. The normalized spacial score (nSPS) is 17.3. The molecule has 0 radical (unpaired) electrons. The zero-order valence-electron chi connectivity index (χ0n) is 23.6. The number of aliphatic carboxylic acids is 1. The number of carboxylic acids is 1. The predicted octanol–water partition coefficient (Wildman–Crippen LogP) is 4.65. The summed E-state index contributed by atoms with van der Waals surface area (Å²) in [6.07, 6.45) is 1.13. The van der Waals surface area contributed by atoms with Gasteiger partial charge in [0.1, 0.15) is 29.3 Å². The highest BCUT2D eigenvalue weighted by Gasteiger charge is 2.46. The smallest absolute Gasteiger partial charge is 0.411 e. The van der Waals surface area contributed by atoms with Gasteiger partial charge in [-0.15, -0.1) is 0 Å². The molecule has 2 N–H and O–H groups in total.